The van der Waals surface area contributed by atoms with E-state index >= 15 is 0 Å². The molecule has 1 fully saturated rings. The summed E-state index contributed by atoms with van der Waals surface area (Å²) in [6.45, 7) is 8.12. The molecule has 1 saturated heterocycles. The quantitative estimate of drug-likeness (QED) is 0.531. The minimum atomic E-state index is -0.562. The number of benzene rings is 1. The van der Waals surface area contributed by atoms with Crippen LogP contribution in [0.1, 0.15) is 47.6 Å². The smallest absolute Gasteiger partial charge is 0.325 e. The lowest BCUT2D eigenvalue weighted by Gasteiger charge is -2.13. The lowest BCUT2D eigenvalue weighted by Crippen LogP contribution is -2.36. The number of rotatable bonds is 8. The van der Waals surface area contributed by atoms with Crippen molar-refractivity contribution in [3.8, 4) is 0 Å². The number of amides is 3. The Morgan fingerprint density at radius 2 is 1.83 bits per heavy atom. The third kappa shape index (κ3) is 4.61. The van der Waals surface area contributed by atoms with Gasteiger partial charge in [-0.05, 0) is 56.4 Å². The van der Waals surface area contributed by atoms with Crippen molar-refractivity contribution >= 4 is 17.7 Å². The number of urea groups is 1. The number of nitrogens with zero attached hydrogens (tertiary/aromatic N) is 2. The van der Waals surface area contributed by atoms with E-state index in [0.29, 0.717) is 24.9 Å². The summed E-state index contributed by atoms with van der Waals surface area (Å²) in [6.07, 6.45) is 1.25. The van der Waals surface area contributed by atoms with E-state index in [1.54, 1.807) is 18.2 Å². The Kier molecular flexibility index (Phi) is 6.39. The second-order valence-corrected chi connectivity index (χ2v) is 8.29. The molecule has 0 radical (unpaired) electrons. The van der Waals surface area contributed by atoms with Gasteiger partial charge >= 0.3 is 6.03 Å². The number of hydrogen-bond acceptors (Lipinski definition) is 3. The van der Waals surface area contributed by atoms with Crippen molar-refractivity contribution in [1.82, 2.24) is 14.8 Å². The summed E-state index contributed by atoms with van der Waals surface area (Å²) in [4.78, 5) is 38.6. The van der Waals surface area contributed by atoms with Gasteiger partial charge in [0.1, 0.15) is 11.9 Å². The molecule has 0 unspecified atom stereocenters. The van der Waals surface area contributed by atoms with E-state index in [0.717, 1.165) is 21.9 Å². The Bertz CT molecular complexity index is 963. The molecule has 1 N–H and O–H groups in total. The molecule has 3 rings (SSSR count). The Labute approximate surface area is 176 Å². The zero-order chi connectivity index (χ0) is 22.0. The first-order valence-electron chi connectivity index (χ1n) is 10.2. The molecule has 1 atom stereocenters. The lowest BCUT2D eigenvalue weighted by molar-refractivity contribution is -0.127. The molecule has 1 aliphatic heterocycles. The largest absolute Gasteiger partial charge is 0.348 e. The topological polar surface area (TPSA) is 71.4 Å². The van der Waals surface area contributed by atoms with Gasteiger partial charge in [0.15, 0.2) is 5.78 Å². The number of imide groups is 1. The average molecular weight is 413 g/mol. The van der Waals surface area contributed by atoms with Crippen molar-refractivity contribution < 1.29 is 18.8 Å². The van der Waals surface area contributed by atoms with E-state index in [-0.39, 0.29) is 30.0 Å². The number of carbonyl (C=O) groups is 3. The first-order chi connectivity index (χ1) is 14.2. The molecule has 0 saturated carbocycles. The molecule has 2 aromatic rings. The summed E-state index contributed by atoms with van der Waals surface area (Å²) in [5.74, 6) is -0.608. The van der Waals surface area contributed by atoms with E-state index in [2.05, 4.69) is 5.32 Å². The molecular formula is C23H28FN3O3. The zero-order valence-electron chi connectivity index (χ0n) is 17.9. The number of halogens is 1. The molecule has 3 amide bonds. The van der Waals surface area contributed by atoms with Crippen LogP contribution in [-0.2, 0) is 17.8 Å². The molecule has 30 heavy (non-hydrogen) atoms. The van der Waals surface area contributed by atoms with Gasteiger partial charge < -0.3 is 9.88 Å². The highest BCUT2D eigenvalue weighted by molar-refractivity contribution is 6.09. The lowest BCUT2D eigenvalue weighted by atomic mass is 10.0. The highest BCUT2D eigenvalue weighted by Crippen LogP contribution is 2.19. The fourth-order valence-corrected chi connectivity index (χ4v) is 3.91. The Morgan fingerprint density at radius 3 is 2.47 bits per heavy atom. The molecule has 160 valence electrons. The average Bonchev–Trinajstić information content (AvgIpc) is 3.11. The number of nitrogens with one attached hydrogen (secondary N) is 1. The van der Waals surface area contributed by atoms with E-state index in [4.69, 9.17) is 0 Å². The zero-order valence-corrected chi connectivity index (χ0v) is 17.9. The first-order valence-corrected chi connectivity index (χ1v) is 10.2. The van der Waals surface area contributed by atoms with Crippen LogP contribution in [0, 0.1) is 25.6 Å². The fraction of sp³-hybridized carbons (Fsp3) is 0.435. The monoisotopic (exact) mass is 413 g/mol. The van der Waals surface area contributed by atoms with Gasteiger partial charge in [0.25, 0.3) is 5.91 Å². The van der Waals surface area contributed by atoms with Gasteiger partial charge in [0.05, 0.1) is 6.54 Å². The summed E-state index contributed by atoms with van der Waals surface area (Å²) in [5.41, 5.74) is 3.24. The van der Waals surface area contributed by atoms with Crippen LogP contribution < -0.4 is 5.32 Å². The van der Waals surface area contributed by atoms with Crippen LogP contribution in [-0.4, -0.2) is 39.8 Å². The molecular weight excluding hydrogens is 385 g/mol. The van der Waals surface area contributed by atoms with E-state index < -0.39 is 12.1 Å². The standard InChI is InChI=1S/C23H28FN3O3/c1-14(2)11-20-22(29)27(23(30)25-20)13-21(28)19-12-15(3)26(16(19)4)10-9-17-5-7-18(24)8-6-17/h5-8,12,14,20H,9-11,13H2,1-4H3,(H,25,30)/t20-/m0/s1. The number of aromatic nitrogens is 1. The maximum absolute atomic E-state index is 13.1. The SMILES string of the molecule is Cc1cc(C(=O)CN2C(=O)N[C@@H](CC(C)C)C2=O)c(C)n1CCc1ccc(F)cc1. The summed E-state index contributed by atoms with van der Waals surface area (Å²) in [5, 5.41) is 2.67. The van der Waals surface area contributed by atoms with Gasteiger partial charge in [-0.25, -0.2) is 9.18 Å². The van der Waals surface area contributed by atoms with Crippen molar-refractivity contribution in [2.75, 3.05) is 6.54 Å². The van der Waals surface area contributed by atoms with Crippen LogP contribution in [0.5, 0.6) is 0 Å². The number of carbonyl (C=O) groups excluding carboxylic acids is 3. The molecule has 6 nitrogen and oxygen atoms in total. The molecule has 0 spiro atoms. The van der Waals surface area contributed by atoms with Gasteiger partial charge in [-0.1, -0.05) is 26.0 Å². The Hall–Kier alpha value is -2.96. The predicted octanol–water partition coefficient (Wildman–Crippen LogP) is 3.64. The highest BCUT2D eigenvalue weighted by atomic mass is 19.1. The molecule has 7 heteroatoms. The molecule has 1 aromatic carbocycles. The van der Waals surface area contributed by atoms with Crippen molar-refractivity contribution in [3.63, 3.8) is 0 Å². The van der Waals surface area contributed by atoms with Crippen molar-refractivity contribution in [2.24, 2.45) is 5.92 Å². The summed E-state index contributed by atoms with van der Waals surface area (Å²) >= 11 is 0. The summed E-state index contributed by atoms with van der Waals surface area (Å²) in [7, 11) is 0. The highest BCUT2D eigenvalue weighted by Gasteiger charge is 2.39. The van der Waals surface area contributed by atoms with Crippen LogP contribution >= 0.6 is 0 Å². The second-order valence-electron chi connectivity index (χ2n) is 8.29. The minimum absolute atomic E-state index is 0.259. The first kappa shape index (κ1) is 21.7. The Balaban J connectivity index is 1.69. The van der Waals surface area contributed by atoms with Crippen LogP contribution in [0.2, 0.25) is 0 Å². The predicted molar refractivity (Wildman–Crippen MR) is 112 cm³/mol. The van der Waals surface area contributed by atoms with Crippen LogP contribution in [0.4, 0.5) is 9.18 Å². The number of ketones is 1. The number of hydrogen-bond donors (Lipinski definition) is 1. The normalized spacial score (nSPS) is 16.5. The third-order valence-electron chi connectivity index (χ3n) is 5.53. The molecule has 2 heterocycles. The van der Waals surface area contributed by atoms with Gasteiger partial charge in [-0.2, -0.15) is 0 Å². The van der Waals surface area contributed by atoms with Crippen LogP contribution in [0.15, 0.2) is 30.3 Å². The van der Waals surface area contributed by atoms with Gasteiger partial charge in [0, 0.05) is 23.5 Å². The van der Waals surface area contributed by atoms with Crippen molar-refractivity contribution in [3.05, 3.63) is 58.7 Å². The maximum Gasteiger partial charge on any atom is 0.325 e. The molecule has 1 aliphatic rings. The van der Waals surface area contributed by atoms with Crippen LogP contribution in [0.3, 0.4) is 0 Å². The minimum Gasteiger partial charge on any atom is -0.348 e. The molecule has 0 bridgehead atoms. The summed E-state index contributed by atoms with van der Waals surface area (Å²) in [6, 6.07) is 7.10. The van der Waals surface area contributed by atoms with Gasteiger partial charge in [-0.15, -0.1) is 0 Å². The van der Waals surface area contributed by atoms with E-state index in [9.17, 15) is 18.8 Å². The number of aryl methyl sites for hydroxylation is 2. The van der Waals surface area contributed by atoms with E-state index in [1.807, 2.05) is 32.3 Å². The van der Waals surface area contributed by atoms with E-state index in [1.165, 1.54) is 12.1 Å². The van der Waals surface area contributed by atoms with Gasteiger partial charge in [-0.3, -0.25) is 14.5 Å². The summed E-state index contributed by atoms with van der Waals surface area (Å²) < 4.78 is 15.1. The van der Waals surface area contributed by atoms with Gasteiger partial charge in [0.2, 0.25) is 0 Å². The van der Waals surface area contributed by atoms with Crippen LogP contribution in [0.25, 0.3) is 0 Å². The Morgan fingerprint density at radius 1 is 1.17 bits per heavy atom. The van der Waals surface area contributed by atoms with Crippen molar-refractivity contribution in [2.45, 2.75) is 53.1 Å². The maximum atomic E-state index is 13.1. The fourth-order valence-electron chi connectivity index (χ4n) is 3.91. The second kappa shape index (κ2) is 8.81. The van der Waals surface area contributed by atoms with Crippen molar-refractivity contribution in [1.29, 1.82) is 0 Å². The number of Topliss-reactive ketones (excluding diaryl/α,β-unsaturated/α-hetero) is 1. The molecule has 0 aliphatic carbocycles. The molecule has 1 aromatic heterocycles. The third-order valence-corrected chi connectivity index (χ3v) is 5.53.